The van der Waals surface area contributed by atoms with E-state index in [0.29, 0.717) is 39.0 Å². The molecule has 0 fully saturated rings. The minimum Gasteiger partial charge on any atom is -0.410 e. The van der Waals surface area contributed by atoms with Crippen molar-refractivity contribution in [2.75, 3.05) is 24.1 Å². The van der Waals surface area contributed by atoms with Crippen LogP contribution in [0.4, 0.5) is 27.8 Å². The maximum atomic E-state index is 11.9. The molecule has 4 aromatic rings. The van der Waals surface area contributed by atoms with Gasteiger partial charge in [-0.1, -0.05) is 24.3 Å². The van der Waals surface area contributed by atoms with Crippen LogP contribution >= 0.6 is 11.9 Å². The number of hydrogen-bond acceptors (Lipinski definition) is 9. The second-order valence-electron chi connectivity index (χ2n) is 7.28. The molecule has 0 saturated heterocycles. The van der Waals surface area contributed by atoms with Crippen molar-refractivity contribution in [1.82, 2.24) is 14.9 Å². The Morgan fingerprint density at radius 3 is 2.38 bits per heavy atom. The van der Waals surface area contributed by atoms with Gasteiger partial charge in [-0.05, 0) is 42.3 Å². The van der Waals surface area contributed by atoms with E-state index in [4.69, 9.17) is 4.74 Å². The van der Waals surface area contributed by atoms with Gasteiger partial charge in [0.25, 0.3) is 5.69 Å². The lowest BCUT2D eigenvalue weighted by Gasteiger charge is -2.14. The molecule has 1 aromatic heterocycles. The van der Waals surface area contributed by atoms with Crippen LogP contribution in [0.15, 0.2) is 77.7 Å². The largest absolute Gasteiger partial charge is 0.414 e. The molecule has 34 heavy (non-hydrogen) atoms. The zero-order chi connectivity index (χ0) is 24.1. The second kappa shape index (κ2) is 10.0. The number of rotatable bonds is 7. The Kier molecular flexibility index (Phi) is 6.74. The number of hydrogen-bond donors (Lipinski definition) is 2. The first-order valence-corrected chi connectivity index (χ1v) is 10.9. The van der Waals surface area contributed by atoms with Crippen molar-refractivity contribution in [2.45, 2.75) is 4.90 Å². The fourth-order valence-corrected chi connectivity index (χ4v) is 3.58. The number of anilines is 3. The second-order valence-corrected chi connectivity index (χ2v) is 8.16. The smallest absolute Gasteiger partial charge is 0.410 e. The van der Waals surface area contributed by atoms with Crippen LogP contribution in [0.2, 0.25) is 0 Å². The maximum Gasteiger partial charge on any atom is 0.414 e. The van der Waals surface area contributed by atoms with Gasteiger partial charge in [-0.25, -0.2) is 14.8 Å². The topological polar surface area (TPSA) is 123 Å². The number of ether oxygens (including phenoxy) is 1. The molecule has 1 amide bonds. The molecule has 0 aliphatic carbocycles. The summed E-state index contributed by atoms with van der Waals surface area (Å²) in [7, 11) is 3.21. The lowest BCUT2D eigenvalue weighted by Crippen LogP contribution is -2.25. The van der Waals surface area contributed by atoms with Gasteiger partial charge in [-0.15, -0.1) is 0 Å². The molecule has 11 heteroatoms. The molecule has 0 atom stereocenters. The van der Waals surface area contributed by atoms with Crippen LogP contribution in [0.25, 0.3) is 11.0 Å². The van der Waals surface area contributed by atoms with Crippen molar-refractivity contribution < 1.29 is 14.5 Å². The highest BCUT2D eigenvalue weighted by Gasteiger charge is 2.13. The van der Waals surface area contributed by atoms with Crippen molar-refractivity contribution in [2.24, 2.45) is 0 Å². The molecular weight excluding hydrogens is 456 g/mol. The normalized spacial score (nSPS) is 10.5. The van der Waals surface area contributed by atoms with E-state index in [2.05, 4.69) is 20.0 Å². The summed E-state index contributed by atoms with van der Waals surface area (Å²) in [5.74, 6) is 1.25. The van der Waals surface area contributed by atoms with Crippen LogP contribution in [0, 0.1) is 10.1 Å². The highest BCUT2D eigenvalue weighted by atomic mass is 32.2. The molecule has 0 spiro atoms. The maximum absolute atomic E-state index is 11.9. The summed E-state index contributed by atoms with van der Waals surface area (Å²) in [6, 6.07) is 20.6. The van der Waals surface area contributed by atoms with Crippen LogP contribution in [0.3, 0.4) is 0 Å². The van der Waals surface area contributed by atoms with Crippen molar-refractivity contribution in [3.8, 4) is 5.75 Å². The molecule has 2 N–H and O–H groups in total. The number of benzene rings is 3. The summed E-state index contributed by atoms with van der Waals surface area (Å²) in [4.78, 5) is 33.8. The van der Waals surface area contributed by atoms with Gasteiger partial charge in [0, 0.05) is 42.9 Å². The molecule has 0 aliphatic heterocycles. The first-order valence-electron chi connectivity index (χ1n) is 10.1. The molecule has 0 unspecified atom stereocenters. The predicted octanol–water partition coefficient (Wildman–Crippen LogP) is 5.46. The van der Waals surface area contributed by atoms with Crippen molar-refractivity contribution in [3.63, 3.8) is 0 Å². The number of nitro benzene ring substituents is 1. The third-order valence-electron chi connectivity index (χ3n) is 4.53. The zero-order valence-corrected chi connectivity index (χ0v) is 19.1. The third kappa shape index (κ3) is 5.51. The molecule has 0 radical (unpaired) electrons. The first-order chi connectivity index (χ1) is 16.4. The van der Waals surface area contributed by atoms with Gasteiger partial charge in [-0.2, -0.15) is 0 Å². The van der Waals surface area contributed by atoms with Crippen molar-refractivity contribution >= 4 is 52.1 Å². The zero-order valence-electron chi connectivity index (χ0n) is 18.3. The number of para-hydroxylation sites is 2. The van der Waals surface area contributed by atoms with Gasteiger partial charge < -0.3 is 19.7 Å². The fourth-order valence-electron chi connectivity index (χ4n) is 2.89. The van der Waals surface area contributed by atoms with E-state index in [0.717, 1.165) is 0 Å². The first kappa shape index (κ1) is 22.8. The summed E-state index contributed by atoms with van der Waals surface area (Å²) in [5.41, 5.74) is 2.01. The van der Waals surface area contributed by atoms with Gasteiger partial charge in [-0.3, -0.25) is 10.1 Å². The van der Waals surface area contributed by atoms with E-state index in [1.807, 2.05) is 24.3 Å². The van der Waals surface area contributed by atoms with Crippen molar-refractivity contribution in [3.05, 3.63) is 82.9 Å². The quantitative estimate of drug-likeness (QED) is 0.203. The van der Waals surface area contributed by atoms with Crippen LogP contribution < -0.4 is 14.8 Å². The van der Waals surface area contributed by atoms with E-state index < -0.39 is 11.0 Å². The number of fused-ring (bicyclic) bond motifs is 1. The Morgan fingerprint density at radius 1 is 0.971 bits per heavy atom. The van der Waals surface area contributed by atoms with E-state index in [1.54, 1.807) is 50.5 Å². The van der Waals surface area contributed by atoms with E-state index in [9.17, 15) is 14.9 Å². The number of nitrogens with zero attached hydrogens (tertiary/aromatic N) is 4. The van der Waals surface area contributed by atoms with Gasteiger partial charge in [0.1, 0.15) is 5.75 Å². The molecule has 3 aromatic carbocycles. The Labute approximate surface area is 199 Å². The summed E-state index contributed by atoms with van der Waals surface area (Å²) in [6.45, 7) is 0. The molecule has 0 saturated carbocycles. The molecule has 4 rings (SSSR count). The molecule has 0 aliphatic rings. The van der Waals surface area contributed by atoms with E-state index in [-0.39, 0.29) is 5.69 Å². The number of amides is 1. The molecular formula is C23H20N6O4S. The van der Waals surface area contributed by atoms with E-state index in [1.165, 1.54) is 29.0 Å². The standard InChI is InChI=1S/C23H20N6O4S/c1-28(2)23(30)33-17-9-5-7-15(13-17)24-21-22(26-20-12-4-3-11-19(20)25-21)27-34-18-10-6-8-16(14-18)29(31)32/h3-14H,1-2H3,(H,24,25)(H,26,27). The van der Waals surface area contributed by atoms with Crippen molar-refractivity contribution in [1.29, 1.82) is 0 Å². The van der Waals surface area contributed by atoms with Gasteiger partial charge in [0.05, 0.1) is 16.0 Å². The lowest BCUT2D eigenvalue weighted by atomic mass is 10.3. The summed E-state index contributed by atoms with van der Waals surface area (Å²) in [6.07, 6.45) is -0.488. The Bertz CT molecular complexity index is 1360. The fraction of sp³-hybridized carbons (Fsp3) is 0.0870. The third-order valence-corrected chi connectivity index (χ3v) is 5.32. The number of nitro groups is 1. The van der Waals surface area contributed by atoms with Crippen LogP contribution in [-0.4, -0.2) is 40.0 Å². The number of aromatic nitrogens is 2. The molecule has 10 nitrogen and oxygen atoms in total. The van der Waals surface area contributed by atoms with Crippen LogP contribution in [0.1, 0.15) is 0 Å². The minimum absolute atomic E-state index is 0.00108. The summed E-state index contributed by atoms with van der Waals surface area (Å²) < 4.78 is 8.46. The van der Waals surface area contributed by atoms with E-state index >= 15 is 0 Å². The number of non-ortho nitro benzene ring substituents is 1. The average Bonchev–Trinajstić information content (AvgIpc) is 2.83. The number of carbonyl (C=O) groups excluding carboxylic acids is 1. The average molecular weight is 477 g/mol. The molecule has 172 valence electrons. The Hall–Kier alpha value is -4.38. The highest BCUT2D eigenvalue weighted by molar-refractivity contribution is 8.00. The van der Waals surface area contributed by atoms with Gasteiger partial charge in [0.15, 0.2) is 11.6 Å². The van der Waals surface area contributed by atoms with Gasteiger partial charge in [0.2, 0.25) is 0 Å². The Morgan fingerprint density at radius 2 is 1.68 bits per heavy atom. The minimum atomic E-state index is -0.488. The van der Waals surface area contributed by atoms with Crippen LogP contribution in [0.5, 0.6) is 5.75 Å². The summed E-state index contributed by atoms with van der Waals surface area (Å²) >= 11 is 1.18. The molecule has 0 bridgehead atoms. The number of nitrogens with one attached hydrogen (secondary N) is 2. The van der Waals surface area contributed by atoms with Gasteiger partial charge >= 0.3 is 6.09 Å². The highest BCUT2D eigenvalue weighted by Crippen LogP contribution is 2.31. The monoisotopic (exact) mass is 476 g/mol. The van der Waals surface area contributed by atoms with Crippen LogP contribution in [-0.2, 0) is 0 Å². The SMILES string of the molecule is CN(C)C(=O)Oc1cccc(Nc2nc3ccccc3nc2NSc2cccc([N+](=O)[O-])c2)c1. The summed E-state index contributed by atoms with van der Waals surface area (Å²) in [5, 5.41) is 14.3. The Balaban J connectivity index is 1.62. The number of carbonyl (C=O) groups is 1. The lowest BCUT2D eigenvalue weighted by molar-refractivity contribution is -0.385. The molecule has 1 heterocycles. The predicted molar refractivity (Wildman–Crippen MR) is 132 cm³/mol.